The van der Waals surface area contributed by atoms with Crippen molar-refractivity contribution >= 4 is 34.9 Å². The second-order valence-corrected chi connectivity index (χ2v) is 10.3. The van der Waals surface area contributed by atoms with E-state index in [0.717, 1.165) is 57.4 Å². The fourth-order valence-corrected chi connectivity index (χ4v) is 5.60. The first kappa shape index (κ1) is 24.5. The second kappa shape index (κ2) is 10.2. The third-order valence-electron chi connectivity index (χ3n) is 7.72. The van der Waals surface area contributed by atoms with E-state index in [2.05, 4.69) is 27.1 Å². The SMILES string of the molecule is CN1CCN(c2ccc(Nc3ncc4c(n3)N(C3CCCC3)C(=O)N(c3ccccc3F)C4)cc2F)CC1. The van der Waals surface area contributed by atoms with Gasteiger partial charge in [-0.05, 0) is 50.2 Å². The van der Waals surface area contributed by atoms with Crippen LogP contribution in [0.15, 0.2) is 48.7 Å². The Balaban J connectivity index is 1.28. The van der Waals surface area contributed by atoms with Gasteiger partial charge in [-0.2, -0.15) is 4.98 Å². The van der Waals surface area contributed by atoms with Crippen molar-refractivity contribution in [2.24, 2.45) is 0 Å². The van der Waals surface area contributed by atoms with Gasteiger partial charge in [-0.25, -0.2) is 18.6 Å². The lowest BCUT2D eigenvalue weighted by Gasteiger charge is -2.39. The fourth-order valence-electron chi connectivity index (χ4n) is 5.60. The lowest BCUT2D eigenvalue weighted by atomic mass is 10.1. The van der Waals surface area contributed by atoms with Gasteiger partial charge in [-0.1, -0.05) is 25.0 Å². The van der Waals surface area contributed by atoms with E-state index in [9.17, 15) is 9.18 Å². The van der Waals surface area contributed by atoms with Gasteiger partial charge in [-0.15, -0.1) is 0 Å². The van der Waals surface area contributed by atoms with Crippen LogP contribution in [0.2, 0.25) is 0 Å². The smallest absolute Gasteiger partial charge is 0.330 e. The van der Waals surface area contributed by atoms with Crippen molar-refractivity contribution in [2.45, 2.75) is 38.3 Å². The van der Waals surface area contributed by atoms with Gasteiger partial charge >= 0.3 is 6.03 Å². The van der Waals surface area contributed by atoms with Crippen LogP contribution in [0, 0.1) is 11.6 Å². The Morgan fingerprint density at radius 3 is 2.45 bits per heavy atom. The first-order valence-corrected chi connectivity index (χ1v) is 13.2. The van der Waals surface area contributed by atoms with E-state index in [0.29, 0.717) is 17.2 Å². The quantitative estimate of drug-likeness (QED) is 0.504. The maximum Gasteiger partial charge on any atom is 0.330 e. The van der Waals surface area contributed by atoms with Gasteiger partial charge in [0.15, 0.2) is 0 Å². The Hall–Kier alpha value is -3.79. The van der Waals surface area contributed by atoms with Gasteiger partial charge in [0, 0.05) is 49.7 Å². The Labute approximate surface area is 220 Å². The Bertz CT molecular complexity index is 1340. The molecular formula is C28H31F2N7O. The standard InChI is InChI=1S/C28H31F2N7O/c1-34-12-14-35(15-13-34)24-11-10-20(16-23(24)30)32-27-31-17-19-18-36(25-9-5-4-8-22(25)29)28(38)37(26(19)33-27)21-6-2-3-7-21/h4-5,8-11,16-17,21H,2-3,6-7,12-15,18H2,1H3,(H,31,32,33). The van der Waals surface area contributed by atoms with E-state index in [1.165, 1.54) is 17.0 Å². The molecule has 0 atom stereocenters. The summed E-state index contributed by atoms with van der Waals surface area (Å²) in [5, 5.41) is 3.11. The zero-order valence-corrected chi connectivity index (χ0v) is 21.4. The van der Waals surface area contributed by atoms with Crippen molar-refractivity contribution < 1.29 is 13.6 Å². The average molecular weight is 520 g/mol. The molecule has 2 aromatic carbocycles. The van der Waals surface area contributed by atoms with Crippen LogP contribution >= 0.6 is 0 Å². The van der Waals surface area contributed by atoms with Crippen LogP contribution in [0.5, 0.6) is 0 Å². The number of halogens is 2. The van der Waals surface area contributed by atoms with Gasteiger partial charge in [0.05, 0.1) is 17.9 Å². The highest BCUT2D eigenvalue weighted by Gasteiger charge is 2.39. The predicted molar refractivity (Wildman–Crippen MR) is 144 cm³/mol. The highest BCUT2D eigenvalue weighted by molar-refractivity contribution is 6.06. The molecule has 1 N–H and O–H groups in total. The molecule has 3 aliphatic rings. The third kappa shape index (κ3) is 4.64. The number of amides is 2. The van der Waals surface area contributed by atoms with Crippen LogP contribution in [-0.4, -0.2) is 60.2 Å². The Morgan fingerprint density at radius 1 is 0.947 bits per heavy atom. The van der Waals surface area contributed by atoms with Crippen molar-refractivity contribution in [3.05, 3.63) is 65.9 Å². The van der Waals surface area contributed by atoms with Crippen LogP contribution in [-0.2, 0) is 6.54 Å². The van der Waals surface area contributed by atoms with E-state index in [1.54, 1.807) is 35.4 Å². The molecule has 1 saturated heterocycles. The number of hydrogen-bond donors (Lipinski definition) is 1. The highest BCUT2D eigenvalue weighted by atomic mass is 19.1. The first-order valence-electron chi connectivity index (χ1n) is 13.2. The molecule has 10 heteroatoms. The molecule has 1 saturated carbocycles. The molecule has 2 fully saturated rings. The molecule has 0 spiro atoms. The monoisotopic (exact) mass is 519 g/mol. The number of hydrogen-bond acceptors (Lipinski definition) is 6. The van der Waals surface area contributed by atoms with E-state index in [-0.39, 0.29) is 36.1 Å². The molecule has 0 unspecified atom stereocenters. The topological polar surface area (TPSA) is 67.8 Å². The molecule has 0 radical (unpaired) electrons. The zero-order chi connectivity index (χ0) is 26.2. The van der Waals surface area contributed by atoms with Crippen molar-refractivity contribution in [1.82, 2.24) is 14.9 Å². The predicted octanol–water partition coefficient (Wildman–Crippen LogP) is 5.14. The van der Waals surface area contributed by atoms with Crippen molar-refractivity contribution in [2.75, 3.05) is 53.2 Å². The summed E-state index contributed by atoms with van der Waals surface area (Å²) in [5.41, 5.74) is 2.09. The summed E-state index contributed by atoms with van der Waals surface area (Å²) >= 11 is 0. The number of carbonyl (C=O) groups excluding carboxylic acids is 1. The number of benzene rings is 2. The highest BCUT2D eigenvalue weighted by Crippen LogP contribution is 2.37. The molecule has 6 rings (SSSR count). The first-order chi connectivity index (χ1) is 18.5. The number of nitrogens with zero attached hydrogens (tertiary/aromatic N) is 6. The molecule has 38 heavy (non-hydrogen) atoms. The number of aromatic nitrogens is 2. The molecule has 2 amide bonds. The molecule has 1 aliphatic carbocycles. The Morgan fingerprint density at radius 2 is 1.71 bits per heavy atom. The summed E-state index contributed by atoms with van der Waals surface area (Å²) in [6, 6.07) is 11.0. The molecule has 2 aliphatic heterocycles. The van der Waals surface area contributed by atoms with Crippen molar-refractivity contribution in [1.29, 1.82) is 0 Å². The molecule has 3 heterocycles. The maximum atomic E-state index is 15.0. The molecule has 3 aromatic rings. The third-order valence-corrected chi connectivity index (χ3v) is 7.72. The number of nitrogens with one attached hydrogen (secondary N) is 1. The second-order valence-electron chi connectivity index (χ2n) is 10.3. The lowest BCUT2D eigenvalue weighted by Crippen LogP contribution is -2.52. The van der Waals surface area contributed by atoms with Gasteiger partial charge < -0.3 is 15.1 Å². The minimum Gasteiger partial charge on any atom is -0.367 e. The van der Waals surface area contributed by atoms with Gasteiger partial charge in [0.2, 0.25) is 5.95 Å². The number of para-hydroxylation sites is 1. The van der Waals surface area contributed by atoms with E-state index >= 15 is 4.39 Å². The molecule has 8 nitrogen and oxygen atoms in total. The van der Waals surface area contributed by atoms with Crippen LogP contribution in [0.3, 0.4) is 0 Å². The Kier molecular flexibility index (Phi) is 6.57. The van der Waals surface area contributed by atoms with Gasteiger partial charge in [0.25, 0.3) is 0 Å². The average Bonchev–Trinajstić information content (AvgIpc) is 3.44. The normalized spacial score (nSPS) is 18.7. The van der Waals surface area contributed by atoms with Crippen LogP contribution < -0.4 is 20.0 Å². The lowest BCUT2D eigenvalue weighted by molar-refractivity contribution is 0.247. The number of piperazine rings is 1. The summed E-state index contributed by atoms with van der Waals surface area (Å²) in [6.07, 6.45) is 5.45. The summed E-state index contributed by atoms with van der Waals surface area (Å²) < 4.78 is 29.7. The van der Waals surface area contributed by atoms with E-state index in [1.807, 2.05) is 6.07 Å². The van der Waals surface area contributed by atoms with E-state index in [4.69, 9.17) is 4.98 Å². The molecule has 198 valence electrons. The minimum atomic E-state index is -0.447. The largest absolute Gasteiger partial charge is 0.367 e. The van der Waals surface area contributed by atoms with Crippen LogP contribution in [0.25, 0.3) is 0 Å². The van der Waals surface area contributed by atoms with E-state index < -0.39 is 5.82 Å². The molecule has 0 bridgehead atoms. The summed E-state index contributed by atoms with van der Waals surface area (Å²) in [6.45, 7) is 3.53. The molecule has 1 aromatic heterocycles. The molecular weight excluding hydrogens is 488 g/mol. The summed E-state index contributed by atoms with van der Waals surface area (Å²) in [4.78, 5) is 30.3. The van der Waals surface area contributed by atoms with Gasteiger partial charge in [-0.3, -0.25) is 9.80 Å². The number of fused-ring (bicyclic) bond motifs is 1. The number of likely N-dealkylation sites (N-methyl/N-ethyl adjacent to an activating group) is 1. The van der Waals surface area contributed by atoms with Crippen molar-refractivity contribution in [3.63, 3.8) is 0 Å². The number of urea groups is 1. The summed E-state index contributed by atoms with van der Waals surface area (Å²) in [5.74, 6) is 0.0601. The minimum absolute atomic E-state index is 0.0149. The van der Waals surface area contributed by atoms with Crippen LogP contribution in [0.1, 0.15) is 31.2 Å². The number of anilines is 5. The number of rotatable bonds is 5. The zero-order valence-electron chi connectivity index (χ0n) is 21.4. The van der Waals surface area contributed by atoms with Crippen molar-refractivity contribution in [3.8, 4) is 0 Å². The summed E-state index contributed by atoms with van der Waals surface area (Å²) in [7, 11) is 2.07. The van der Waals surface area contributed by atoms with Gasteiger partial charge in [0.1, 0.15) is 17.5 Å². The number of carbonyl (C=O) groups is 1. The maximum absolute atomic E-state index is 15.0. The fraction of sp³-hybridized carbons (Fsp3) is 0.393. The van der Waals surface area contributed by atoms with Crippen LogP contribution in [0.4, 0.5) is 42.4 Å².